The Hall–Kier alpha value is -2.18. The third kappa shape index (κ3) is 14.7. The van der Waals surface area contributed by atoms with Crippen molar-refractivity contribution in [2.75, 3.05) is 38.5 Å². The van der Waals surface area contributed by atoms with E-state index in [1.807, 2.05) is 26.0 Å². The predicted molar refractivity (Wildman–Crippen MR) is 276 cm³/mol. The van der Waals surface area contributed by atoms with Gasteiger partial charge in [0.2, 0.25) is 20.0 Å². The molecule has 0 atom stereocenters. The zero-order chi connectivity index (χ0) is 49.0. The topological polar surface area (TPSA) is 203 Å². The van der Waals surface area contributed by atoms with Gasteiger partial charge in [-0.1, -0.05) is 28.1 Å². The molecule has 0 spiro atoms. The summed E-state index contributed by atoms with van der Waals surface area (Å²) in [6.45, 7) is 8.08. The van der Waals surface area contributed by atoms with E-state index >= 15 is 0 Å². The van der Waals surface area contributed by atoms with Gasteiger partial charge in [0.05, 0.1) is 42.3 Å². The van der Waals surface area contributed by atoms with E-state index in [9.17, 15) is 26.4 Å². The van der Waals surface area contributed by atoms with Crippen LogP contribution in [-0.4, -0.2) is 98.6 Å². The quantitative estimate of drug-likeness (QED) is 0.0899. The molecule has 2 saturated carbocycles. The number of benzene rings is 2. The summed E-state index contributed by atoms with van der Waals surface area (Å²) in [6.07, 6.45) is 13.5. The Balaban J connectivity index is 0.000000212. The number of thiazole rings is 2. The van der Waals surface area contributed by atoms with Gasteiger partial charge in [0, 0.05) is 83.8 Å². The van der Waals surface area contributed by atoms with Crippen molar-refractivity contribution < 1.29 is 47.2 Å². The first-order chi connectivity index (χ1) is 32.5. The molecule has 4 N–H and O–H groups in total. The van der Waals surface area contributed by atoms with Crippen LogP contribution >= 0.6 is 66.8 Å². The van der Waals surface area contributed by atoms with Gasteiger partial charge in [-0.2, -0.15) is 8.61 Å². The SMILES string of the molecule is CC(C)OC(=O)NC1CCC(c2ncc(-c3ccc(N)cc3S(=O)(=O)N3CCCC3)s2)CC1.CCOC(=O)NC1CCC(c2ncc(-c3ccc(Br)cc3S(=O)(=O)N3CCCC3)s2)CC1.[Br][Cu][Br]. The normalized spacial score (nSPS) is 21.3. The Morgan fingerprint density at radius 2 is 1.16 bits per heavy atom. The average molecular weight is 1260 g/mol. The number of nitrogens with zero attached hydrogens (tertiary/aromatic N) is 4. The van der Waals surface area contributed by atoms with Gasteiger partial charge in [-0.05, 0) is 122 Å². The molecule has 2 saturated heterocycles. The number of carbonyl (C=O) groups is 2. The van der Waals surface area contributed by atoms with E-state index in [1.165, 1.54) is 11.3 Å². The first-order valence-corrected chi connectivity index (χ1v) is 32.8. The first kappa shape index (κ1) is 55.1. The van der Waals surface area contributed by atoms with Gasteiger partial charge >= 0.3 is 51.7 Å². The van der Waals surface area contributed by atoms with E-state index in [4.69, 9.17) is 15.2 Å². The number of alkyl carbamates (subject to hydrolysis) is 2. The molecule has 23 heteroatoms. The van der Waals surface area contributed by atoms with E-state index in [0.717, 1.165) is 101 Å². The Morgan fingerprint density at radius 1 is 0.735 bits per heavy atom. The van der Waals surface area contributed by atoms with Crippen molar-refractivity contribution in [3.63, 3.8) is 0 Å². The van der Waals surface area contributed by atoms with Gasteiger partial charge in [0.1, 0.15) is 0 Å². The summed E-state index contributed by atoms with van der Waals surface area (Å²) in [5, 5.41) is 7.91. The molecule has 2 aromatic heterocycles. The molecule has 0 unspecified atom stereocenters. The molecule has 2 aromatic carbocycles. The molecule has 2 aliphatic heterocycles. The van der Waals surface area contributed by atoms with Crippen molar-refractivity contribution in [1.29, 1.82) is 0 Å². The number of nitrogens with one attached hydrogen (secondary N) is 2. The molecule has 0 bridgehead atoms. The van der Waals surface area contributed by atoms with Crippen LogP contribution in [0.25, 0.3) is 20.9 Å². The van der Waals surface area contributed by atoms with E-state index < -0.39 is 20.0 Å². The molecule has 4 heterocycles. The number of hydrogen-bond acceptors (Lipinski definition) is 13. The molecular weight excluding hydrogens is 1200 g/mol. The van der Waals surface area contributed by atoms with E-state index in [-0.39, 0.29) is 35.3 Å². The Bertz CT molecular complexity index is 2520. The second-order valence-corrected chi connectivity index (χ2v) is 29.0. The van der Waals surface area contributed by atoms with Gasteiger partial charge < -0.3 is 25.8 Å². The zero-order valence-corrected chi connectivity index (χ0v) is 47.2. The Morgan fingerprint density at radius 3 is 1.60 bits per heavy atom. The van der Waals surface area contributed by atoms with E-state index in [1.54, 1.807) is 74.9 Å². The van der Waals surface area contributed by atoms with Gasteiger partial charge in [-0.3, -0.25) is 0 Å². The molecule has 379 valence electrons. The van der Waals surface area contributed by atoms with Crippen molar-refractivity contribution in [3.05, 3.63) is 63.3 Å². The van der Waals surface area contributed by atoms with Gasteiger partial charge in [-0.15, -0.1) is 22.7 Å². The molecule has 15 nitrogen and oxygen atoms in total. The number of aromatic nitrogens is 2. The van der Waals surface area contributed by atoms with Crippen molar-refractivity contribution in [2.45, 2.75) is 138 Å². The van der Waals surface area contributed by atoms with Crippen LogP contribution in [0.2, 0.25) is 0 Å². The number of halogens is 3. The Labute approximate surface area is 437 Å². The fourth-order valence-corrected chi connectivity index (χ4v) is 15.3. The van der Waals surface area contributed by atoms with Crippen LogP contribution in [0.3, 0.4) is 0 Å². The average Bonchev–Trinajstić information content (AvgIpc) is 4.16. The summed E-state index contributed by atoms with van der Waals surface area (Å²) in [5.74, 6) is 0.624. The van der Waals surface area contributed by atoms with Crippen molar-refractivity contribution in [1.82, 2.24) is 29.2 Å². The maximum absolute atomic E-state index is 13.3. The molecule has 0 radical (unpaired) electrons. The summed E-state index contributed by atoms with van der Waals surface area (Å²) in [4.78, 5) is 35.1. The number of nitrogens with two attached hydrogens (primary N) is 1. The first-order valence-electron chi connectivity index (χ1n) is 22.9. The second kappa shape index (κ2) is 26.0. The molecule has 68 heavy (non-hydrogen) atoms. The zero-order valence-electron chi connectivity index (χ0n) is 38.2. The minimum atomic E-state index is -3.60. The number of hydrogen-bond donors (Lipinski definition) is 3. The fraction of sp³-hybridized carbons (Fsp3) is 0.556. The molecule has 2 amide bonds. The molecule has 4 fully saturated rings. The molecular formula is C45H60Br3CuN7O8S4. The summed E-state index contributed by atoms with van der Waals surface area (Å²) >= 11 is 13.9. The van der Waals surface area contributed by atoms with Crippen LogP contribution < -0.4 is 16.4 Å². The molecule has 4 aliphatic rings. The second-order valence-electron chi connectivity index (χ2n) is 17.3. The standard InChI is InChI=1S/C23H32N4O4S2.C22H28BrN3O4S2.2BrH.Cu/c1-15(2)31-23(28)26-18-8-5-16(6-9-18)22-25-14-20(32-22)19-10-7-17(24)13-21(19)33(29,30)27-11-3-4-12-27;1-2-30-22(27)25-17-8-5-15(6-9-17)21-24-14-19(31-21)18-10-7-16(23)13-20(18)32(28,29)26-11-3-4-12-26;;;/h7,10,13-16,18H,3-6,8-9,11-12,24H2,1-2H3,(H,26,28);7,10,13-15,17H,2-6,8-9,11-12H2,1H3,(H,25,27);2*1H;/q;;;;+2/p-2. The van der Waals surface area contributed by atoms with Crippen molar-refractivity contribution in [3.8, 4) is 20.9 Å². The Kier molecular flexibility index (Phi) is 21.1. The molecule has 4 aromatic rings. The summed E-state index contributed by atoms with van der Waals surface area (Å²) in [5.41, 5.74) is 7.77. The van der Waals surface area contributed by atoms with Crippen LogP contribution in [0.5, 0.6) is 0 Å². The van der Waals surface area contributed by atoms with E-state index in [0.29, 0.717) is 66.3 Å². The maximum atomic E-state index is 13.3. The van der Waals surface area contributed by atoms with Crippen LogP contribution in [0, 0.1) is 0 Å². The van der Waals surface area contributed by atoms with E-state index in [2.05, 4.69) is 64.8 Å². The summed E-state index contributed by atoms with van der Waals surface area (Å²) < 4.78 is 67.2. The fourth-order valence-electron chi connectivity index (χ4n) is 8.93. The van der Waals surface area contributed by atoms with Gasteiger partial charge in [-0.25, -0.2) is 36.4 Å². The number of rotatable bonds is 12. The van der Waals surface area contributed by atoms with Gasteiger partial charge in [0.25, 0.3) is 0 Å². The van der Waals surface area contributed by atoms with Crippen molar-refractivity contribution >= 4 is 105 Å². The van der Waals surface area contributed by atoms with Crippen LogP contribution in [0.1, 0.15) is 120 Å². The van der Waals surface area contributed by atoms with Gasteiger partial charge in [0.15, 0.2) is 0 Å². The van der Waals surface area contributed by atoms with Crippen molar-refractivity contribution in [2.24, 2.45) is 0 Å². The number of ether oxygens (including phenoxy) is 2. The molecule has 2 aliphatic carbocycles. The number of sulfonamides is 2. The predicted octanol–water partition coefficient (Wildman–Crippen LogP) is 11.2. The minimum absolute atomic E-state index is 0.112. The number of amides is 2. The number of carbonyl (C=O) groups excluding carboxylic acids is 2. The number of nitrogen functional groups attached to an aromatic ring is 1. The van der Waals surface area contributed by atoms with Crippen LogP contribution in [0.15, 0.2) is 63.1 Å². The summed E-state index contributed by atoms with van der Waals surface area (Å²) in [6, 6.07) is 10.8. The van der Waals surface area contributed by atoms with Crippen LogP contribution in [0.4, 0.5) is 15.3 Å². The van der Waals surface area contributed by atoms with Crippen LogP contribution in [-0.2, 0) is 40.9 Å². The monoisotopic (exact) mass is 1250 g/mol. The third-order valence-electron chi connectivity index (χ3n) is 12.3. The third-order valence-corrected chi connectivity index (χ3v) is 19.1. The molecule has 8 rings (SSSR count). The summed E-state index contributed by atoms with van der Waals surface area (Å²) in [7, 11) is -7.15. The number of anilines is 1.